The highest BCUT2D eigenvalue weighted by Crippen LogP contribution is 2.22. The zero-order valence-electron chi connectivity index (χ0n) is 8.94. The van der Waals surface area contributed by atoms with Crippen molar-refractivity contribution in [1.82, 2.24) is 0 Å². The summed E-state index contributed by atoms with van der Waals surface area (Å²) in [5, 5.41) is 3.25. The van der Waals surface area contributed by atoms with E-state index in [9.17, 15) is 0 Å². The Hall–Kier alpha value is -1.33. The van der Waals surface area contributed by atoms with Crippen molar-refractivity contribution in [1.29, 1.82) is 0 Å². The number of nitrogens with two attached hydrogens (primary N) is 1. The lowest BCUT2D eigenvalue weighted by Crippen LogP contribution is -2.13. The normalized spacial score (nSPS) is 10.2. The van der Waals surface area contributed by atoms with Crippen LogP contribution in [0.1, 0.15) is 11.3 Å². The third kappa shape index (κ3) is 3.08. The van der Waals surface area contributed by atoms with Crippen LogP contribution in [0.15, 0.2) is 45.5 Å². The summed E-state index contributed by atoms with van der Waals surface area (Å²) in [5.41, 5.74) is 7.39. The van der Waals surface area contributed by atoms with Gasteiger partial charge in [0, 0.05) is 15.7 Å². The first-order valence-corrected chi connectivity index (χ1v) is 6.22. The molecule has 1 aromatic heterocycles. The molecule has 17 heavy (non-hydrogen) atoms. The van der Waals surface area contributed by atoms with Crippen LogP contribution < -0.4 is 11.1 Å². The van der Waals surface area contributed by atoms with E-state index in [1.807, 2.05) is 30.3 Å². The van der Waals surface area contributed by atoms with Crippen molar-refractivity contribution in [2.24, 2.45) is 5.73 Å². The van der Waals surface area contributed by atoms with Gasteiger partial charge < -0.3 is 15.5 Å². The zero-order chi connectivity index (χ0) is 12.3. The number of anilines is 1. The second-order valence-corrected chi connectivity index (χ2v) is 4.84. The lowest BCUT2D eigenvalue weighted by Gasteiger charge is -2.10. The molecule has 0 saturated carbocycles. The molecular formula is C12H11BrN2OS. The van der Waals surface area contributed by atoms with Crippen LogP contribution in [-0.2, 0) is 6.54 Å². The van der Waals surface area contributed by atoms with Gasteiger partial charge in [-0.3, -0.25) is 0 Å². The van der Waals surface area contributed by atoms with Crippen LogP contribution in [0.4, 0.5) is 5.69 Å². The fraction of sp³-hybridized carbons (Fsp3) is 0.0833. The summed E-state index contributed by atoms with van der Waals surface area (Å²) >= 11 is 8.42. The molecule has 0 aliphatic rings. The minimum Gasteiger partial charge on any atom is -0.467 e. The minimum absolute atomic E-state index is 0.374. The average molecular weight is 311 g/mol. The second-order valence-electron chi connectivity index (χ2n) is 3.49. The molecule has 0 saturated heterocycles. The maximum absolute atomic E-state index is 5.67. The van der Waals surface area contributed by atoms with Gasteiger partial charge in [0.1, 0.15) is 10.7 Å². The van der Waals surface area contributed by atoms with Crippen molar-refractivity contribution in [3.8, 4) is 0 Å². The molecule has 3 nitrogen and oxygen atoms in total. The molecule has 88 valence electrons. The third-order valence-corrected chi connectivity index (χ3v) is 2.99. The molecule has 0 spiro atoms. The number of halogens is 1. The molecular weight excluding hydrogens is 300 g/mol. The van der Waals surface area contributed by atoms with Gasteiger partial charge in [-0.2, -0.15) is 0 Å². The maximum atomic E-state index is 5.67. The summed E-state index contributed by atoms with van der Waals surface area (Å²) in [7, 11) is 0. The van der Waals surface area contributed by atoms with Gasteiger partial charge in [-0.05, 0) is 30.3 Å². The van der Waals surface area contributed by atoms with Crippen molar-refractivity contribution in [3.63, 3.8) is 0 Å². The molecule has 0 radical (unpaired) electrons. The van der Waals surface area contributed by atoms with Crippen LogP contribution in [0.25, 0.3) is 0 Å². The summed E-state index contributed by atoms with van der Waals surface area (Å²) < 4.78 is 6.22. The highest BCUT2D eigenvalue weighted by molar-refractivity contribution is 9.10. The van der Waals surface area contributed by atoms with Crippen molar-refractivity contribution in [2.45, 2.75) is 6.54 Å². The molecule has 0 aliphatic heterocycles. The smallest absolute Gasteiger partial charge is 0.122 e. The van der Waals surface area contributed by atoms with Gasteiger partial charge in [0.25, 0.3) is 0 Å². The molecule has 0 amide bonds. The largest absolute Gasteiger partial charge is 0.467 e. The van der Waals surface area contributed by atoms with Crippen LogP contribution in [0.2, 0.25) is 0 Å². The van der Waals surface area contributed by atoms with Crippen molar-refractivity contribution in [2.75, 3.05) is 5.32 Å². The molecule has 3 N–H and O–H groups in total. The van der Waals surface area contributed by atoms with Crippen molar-refractivity contribution in [3.05, 3.63) is 52.4 Å². The topological polar surface area (TPSA) is 51.2 Å². The predicted octanol–water partition coefficient (Wildman–Crippen LogP) is 3.29. The Kier molecular flexibility index (Phi) is 3.81. The van der Waals surface area contributed by atoms with Crippen LogP contribution in [0.3, 0.4) is 0 Å². The van der Waals surface area contributed by atoms with E-state index in [0.717, 1.165) is 21.5 Å². The average Bonchev–Trinajstić information content (AvgIpc) is 2.78. The lowest BCUT2D eigenvalue weighted by molar-refractivity contribution is 0.518. The summed E-state index contributed by atoms with van der Waals surface area (Å²) in [4.78, 5) is 0.374. The zero-order valence-corrected chi connectivity index (χ0v) is 11.3. The molecule has 2 rings (SSSR count). The Morgan fingerprint density at radius 3 is 2.88 bits per heavy atom. The van der Waals surface area contributed by atoms with Gasteiger partial charge in [0.2, 0.25) is 0 Å². The van der Waals surface area contributed by atoms with E-state index < -0.39 is 0 Å². The molecule has 0 bridgehead atoms. The van der Waals surface area contributed by atoms with E-state index in [0.29, 0.717) is 11.5 Å². The monoisotopic (exact) mass is 310 g/mol. The van der Waals surface area contributed by atoms with Gasteiger partial charge in [0.05, 0.1) is 12.8 Å². The lowest BCUT2D eigenvalue weighted by atomic mass is 10.2. The van der Waals surface area contributed by atoms with Gasteiger partial charge in [-0.25, -0.2) is 0 Å². The van der Waals surface area contributed by atoms with Crippen molar-refractivity contribution >= 4 is 38.8 Å². The van der Waals surface area contributed by atoms with Gasteiger partial charge >= 0.3 is 0 Å². The minimum atomic E-state index is 0.374. The first-order valence-electron chi connectivity index (χ1n) is 5.02. The molecule has 0 fully saturated rings. The molecule has 5 heteroatoms. The number of benzene rings is 1. The maximum Gasteiger partial charge on any atom is 0.122 e. The number of nitrogens with one attached hydrogen (secondary N) is 1. The molecule has 0 unspecified atom stereocenters. The summed E-state index contributed by atoms with van der Waals surface area (Å²) in [5.74, 6) is 0.860. The van der Waals surface area contributed by atoms with E-state index >= 15 is 0 Å². The quantitative estimate of drug-likeness (QED) is 0.851. The highest BCUT2D eigenvalue weighted by atomic mass is 79.9. The Balaban J connectivity index is 2.19. The first-order chi connectivity index (χ1) is 8.16. The van der Waals surface area contributed by atoms with Gasteiger partial charge in [-0.1, -0.05) is 28.1 Å². The van der Waals surface area contributed by atoms with Gasteiger partial charge in [0.15, 0.2) is 0 Å². The van der Waals surface area contributed by atoms with E-state index in [1.54, 1.807) is 6.26 Å². The predicted molar refractivity (Wildman–Crippen MR) is 76.1 cm³/mol. The molecule has 1 heterocycles. The number of thiocarbonyl (C=S) groups is 1. The van der Waals surface area contributed by atoms with E-state index in [2.05, 4.69) is 21.2 Å². The van der Waals surface area contributed by atoms with Gasteiger partial charge in [-0.15, -0.1) is 0 Å². The number of hydrogen-bond acceptors (Lipinski definition) is 3. The number of furan rings is 1. The van der Waals surface area contributed by atoms with Crippen LogP contribution in [0, 0.1) is 0 Å². The third-order valence-electron chi connectivity index (χ3n) is 2.28. The first kappa shape index (κ1) is 12.1. The number of hydrogen-bond donors (Lipinski definition) is 2. The fourth-order valence-electron chi connectivity index (χ4n) is 1.47. The highest BCUT2D eigenvalue weighted by Gasteiger charge is 2.06. The summed E-state index contributed by atoms with van der Waals surface area (Å²) in [6, 6.07) is 9.50. The molecule has 1 aromatic carbocycles. The SMILES string of the molecule is NC(=S)c1ccc(Br)cc1NCc1ccco1. The molecule has 0 aliphatic carbocycles. The van der Waals surface area contributed by atoms with Crippen LogP contribution in [-0.4, -0.2) is 4.99 Å². The van der Waals surface area contributed by atoms with E-state index in [4.69, 9.17) is 22.4 Å². The van der Waals surface area contributed by atoms with Crippen LogP contribution in [0.5, 0.6) is 0 Å². The Bertz CT molecular complexity index is 525. The van der Waals surface area contributed by atoms with Crippen LogP contribution >= 0.6 is 28.1 Å². The molecule has 0 atom stereocenters. The van der Waals surface area contributed by atoms with Crippen molar-refractivity contribution < 1.29 is 4.42 Å². The second kappa shape index (κ2) is 5.33. The van der Waals surface area contributed by atoms with E-state index in [-0.39, 0.29) is 0 Å². The Morgan fingerprint density at radius 1 is 1.41 bits per heavy atom. The molecule has 2 aromatic rings. The standard InChI is InChI=1S/C12H11BrN2OS/c13-8-3-4-10(12(14)17)11(6-8)15-7-9-2-1-5-16-9/h1-6,15H,7H2,(H2,14,17). The number of rotatable bonds is 4. The fourth-order valence-corrected chi connectivity index (χ4v) is 2.01. The Morgan fingerprint density at radius 2 is 2.24 bits per heavy atom. The summed E-state index contributed by atoms with van der Waals surface area (Å²) in [6.07, 6.45) is 1.65. The van der Waals surface area contributed by atoms with E-state index in [1.165, 1.54) is 0 Å². The Labute approximate surface area is 113 Å². The summed E-state index contributed by atoms with van der Waals surface area (Å²) in [6.45, 7) is 0.596.